The summed E-state index contributed by atoms with van der Waals surface area (Å²) in [5.41, 5.74) is 0.0594. The van der Waals surface area contributed by atoms with Crippen molar-refractivity contribution in [2.24, 2.45) is 5.41 Å². The molecule has 1 rings (SSSR count). The van der Waals surface area contributed by atoms with Crippen LogP contribution in [0.5, 0.6) is 0 Å². The normalized spacial score (nSPS) is 18.4. The van der Waals surface area contributed by atoms with E-state index in [1.165, 1.54) is 0 Å². The molecule has 0 N–H and O–H groups in total. The highest BCUT2D eigenvalue weighted by molar-refractivity contribution is 5.84. The van der Waals surface area contributed by atoms with Crippen LogP contribution in [0, 0.1) is 17.3 Å². The minimum atomic E-state index is 0.0594. The second-order valence-electron chi connectivity index (χ2n) is 3.26. The molecular weight excluding hydrogens is 136 g/mol. The van der Waals surface area contributed by atoms with E-state index in [1.54, 1.807) is 6.92 Å². The summed E-state index contributed by atoms with van der Waals surface area (Å²) < 4.78 is 0. The molecule has 0 atom stereocenters. The number of hydrogen-bond donors (Lipinski definition) is 0. The molecule has 1 nitrogen and oxygen atoms in total. The third-order valence-corrected chi connectivity index (χ3v) is 2.51. The van der Waals surface area contributed by atoms with Gasteiger partial charge in [-0.05, 0) is 33.1 Å². The van der Waals surface area contributed by atoms with Gasteiger partial charge >= 0.3 is 0 Å². The van der Waals surface area contributed by atoms with Crippen molar-refractivity contribution >= 4 is 5.78 Å². The first kappa shape index (κ1) is 8.33. The predicted octanol–water partition coefficient (Wildman–Crippen LogP) is 2.16. The van der Waals surface area contributed by atoms with E-state index in [0.717, 1.165) is 25.7 Å². The number of Topliss-reactive ketones (excluding diaryl/α,β-unsaturated/α-hetero) is 1. The van der Waals surface area contributed by atoms with E-state index < -0.39 is 0 Å². The van der Waals surface area contributed by atoms with Gasteiger partial charge in [0.15, 0.2) is 0 Å². The van der Waals surface area contributed by atoms with Crippen molar-refractivity contribution in [3.05, 3.63) is 0 Å². The molecule has 0 aromatic heterocycles. The Balaban J connectivity index is 2.34. The molecule has 1 heteroatoms. The Kier molecular flexibility index (Phi) is 2.34. The second-order valence-corrected chi connectivity index (χ2v) is 3.26. The lowest BCUT2D eigenvalue weighted by Gasteiger charge is -2.06. The van der Waals surface area contributed by atoms with Crippen molar-refractivity contribution in [2.75, 3.05) is 0 Å². The van der Waals surface area contributed by atoms with Crippen molar-refractivity contribution in [2.45, 2.75) is 39.5 Å². The first-order valence-electron chi connectivity index (χ1n) is 4.12. The van der Waals surface area contributed by atoms with Crippen LogP contribution in [0.2, 0.25) is 0 Å². The molecule has 0 radical (unpaired) electrons. The molecule has 0 aliphatic heterocycles. The number of hydrogen-bond acceptors (Lipinski definition) is 1. The Morgan fingerprint density at radius 2 is 2.18 bits per heavy atom. The number of ketones is 1. The van der Waals surface area contributed by atoms with Crippen molar-refractivity contribution in [3.8, 4) is 11.8 Å². The van der Waals surface area contributed by atoms with Gasteiger partial charge in [-0.3, -0.25) is 4.79 Å². The standard InChI is InChI=1S/C10H14O/c1-3-4-5-6-10(7-8-10)9(2)11/h5-8H2,1-2H3. The van der Waals surface area contributed by atoms with Gasteiger partial charge < -0.3 is 0 Å². The van der Waals surface area contributed by atoms with Crippen LogP contribution in [0.25, 0.3) is 0 Å². The molecule has 0 aromatic carbocycles. The Hall–Kier alpha value is -0.770. The Morgan fingerprint density at radius 3 is 2.55 bits per heavy atom. The average Bonchev–Trinajstić information content (AvgIpc) is 2.70. The lowest BCUT2D eigenvalue weighted by molar-refractivity contribution is -0.122. The van der Waals surface area contributed by atoms with E-state index in [9.17, 15) is 4.79 Å². The maximum atomic E-state index is 11.1. The second kappa shape index (κ2) is 3.09. The zero-order valence-corrected chi connectivity index (χ0v) is 7.24. The molecule has 1 saturated carbocycles. The van der Waals surface area contributed by atoms with Crippen LogP contribution in [0.4, 0.5) is 0 Å². The highest BCUT2D eigenvalue weighted by Gasteiger charge is 2.46. The van der Waals surface area contributed by atoms with Crippen molar-refractivity contribution in [1.82, 2.24) is 0 Å². The predicted molar refractivity (Wildman–Crippen MR) is 45.0 cm³/mol. The number of rotatable bonds is 3. The molecule has 0 heterocycles. The largest absolute Gasteiger partial charge is 0.299 e. The fourth-order valence-electron chi connectivity index (χ4n) is 1.36. The summed E-state index contributed by atoms with van der Waals surface area (Å²) in [5.74, 6) is 6.20. The van der Waals surface area contributed by atoms with Gasteiger partial charge in [-0.15, -0.1) is 11.8 Å². The van der Waals surface area contributed by atoms with Crippen molar-refractivity contribution < 1.29 is 4.79 Å². The van der Waals surface area contributed by atoms with E-state index in [-0.39, 0.29) is 5.41 Å². The molecule has 0 unspecified atom stereocenters. The summed E-state index contributed by atoms with van der Waals surface area (Å²) in [7, 11) is 0. The van der Waals surface area contributed by atoms with Gasteiger partial charge in [0, 0.05) is 11.8 Å². The van der Waals surface area contributed by atoms with E-state index in [2.05, 4.69) is 11.8 Å². The van der Waals surface area contributed by atoms with E-state index in [1.807, 2.05) is 6.92 Å². The van der Waals surface area contributed by atoms with Crippen molar-refractivity contribution in [3.63, 3.8) is 0 Å². The van der Waals surface area contributed by atoms with Crippen LogP contribution in [0.1, 0.15) is 39.5 Å². The maximum Gasteiger partial charge on any atom is 0.135 e. The van der Waals surface area contributed by atoms with Crippen LogP contribution in [-0.4, -0.2) is 5.78 Å². The van der Waals surface area contributed by atoms with Crippen LogP contribution in [0.15, 0.2) is 0 Å². The zero-order chi connectivity index (χ0) is 8.32. The molecule has 60 valence electrons. The molecular formula is C10H14O. The summed E-state index contributed by atoms with van der Waals surface area (Å²) in [6.45, 7) is 3.54. The van der Waals surface area contributed by atoms with Gasteiger partial charge in [-0.2, -0.15) is 0 Å². The third-order valence-electron chi connectivity index (χ3n) is 2.51. The number of carbonyl (C=O) groups is 1. The average molecular weight is 150 g/mol. The van der Waals surface area contributed by atoms with Gasteiger partial charge in [0.1, 0.15) is 5.78 Å². The quantitative estimate of drug-likeness (QED) is 0.563. The van der Waals surface area contributed by atoms with Crippen LogP contribution in [-0.2, 0) is 4.79 Å². The molecule has 11 heavy (non-hydrogen) atoms. The summed E-state index contributed by atoms with van der Waals surface area (Å²) in [5, 5.41) is 0. The highest BCUT2D eigenvalue weighted by atomic mass is 16.1. The topological polar surface area (TPSA) is 17.1 Å². The lowest BCUT2D eigenvalue weighted by Crippen LogP contribution is -2.10. The summed E-state index contributed by atoms with van der Waals surface area (Å²) in [4.78, 5) is 11.1. The maximum absolute atomic E-state index is 11.1. The van der Waals surface area contributed by atoms with Gasteiger partial charge in [-0.1, -0.05) is 0 Å². The summed E-state index contributed by atoms with van der Waals surface area (Å²) in [6, 6.07) is 0. The number of carbonyl (C=O) groups excluding carboxylic acids is 1. The molecule has 0 amide bonds. The fraction of sp³-hybridized carbons (Fsp3) is 0.700. The third kappa shape index (κ3) is 1.83. The smallest absolute Gasteiger partial charge is 0.135 e. The highest BCUT2D eigenvalue weighted by Crippen LogP contribution is 2.50. The minimum Gasteiger partial charge on any atom is -0.299 e. The van der Waals surface area contributed by atoms with E-state index in [0.29, 0.717) is 5.78 Å². The van der Waals surface area contributed by atoms with Crippen LogP contribution >= 0.6 is 0 Å². The molecule has 0 aromatic rings. The first-order chi connectivity index (χ1) is 5.21. The molecule has 1 aliphatic rings. The van der Waals surface area contributed by atoms with Crippen LogP contribution < -0.4 is 0 Å². The van der Waals surface area contributed by atoms with Gasteiger partial charge in [0.2, 0.25) is 0 Å². The Labute approximate surface area is 68.2 Å². The molecule has 0 saturated heterocycles. The van der Waals surface area contributed by atoms with Gasteiger partial charge in [0.05, 0.1) is 0 Å². The van der Waals surface area contributed by atoms with Crippen LogP contribution in [0.3, 0.4) is 0 Å². The van der Waals surface area contributed by atoms with E-state index >= 15 is 0 Å². The van der Waals surface area contributed by atoms with Gasteiger partial charge in [0.25, 0.3) is 0 Å². The Bertz CT molecular complexity index is 213. The SMILES string of the molecule is CC#CCCC1(C(C)=O)CC1. The zero-order valence-electron chi connectivity index (χ0n) is 7.24. The molecule has 1 fully saturated rings. The minimum absolute atomic E-state index is 0.0594. The Morgan fingerprint density at radius 1 is 1.55 bits per heavy atom. The first-order valence-corrected chi connectivity index (χ1v) is 4.12. The molecule has 0 bridgehead atoms. The van der Waals surface area contributed by atoms with Crippen molar-refractivity contribution in [1.29, 1.82) is 0 Å². The lowest BCUT2D eigenvalue weighted by atomic mass is 9.96. The molecule has 1 aliphatic carbocycles. The molecule has 0 spiro atoms. The summed E-state index contributed by atoms with van der Waals surface area (Å²) >= 11 is 0. The van der Waals surface area contributed by atoms with Gasteiger partial charge in [-0.25, -0.2) is 0 Å². The fourth-order valence-corrected chi connectivity index (χ4v) is 1.36. The monoisotopic (exact) mass is 150 g/mol. The summed E-state index contributed by atoms with van der Waals surface area (Å²) in [6.07, 6.45) is 4.04. The van der Waals surface area contributed by atoms with E-state index in [4.69, 9.17) is 0 Å².